The molecule has 0 spiro atoms. The second-order valence-corrected chi connectivity index (χ2v) is 5.39. The Hall–Kier alpha value is -2.95. The molecule has 0 atom stereocenters. The van der Waals surface area contributed by atoms with Gasteiger partial charge in [0.15, 0.2) is 11.2 Å². The molecule has 2 aromatic heterocycles. The molecule has 0 bridgehead atoms. The lowest BCUT2D eigenvalue weighted by molar-refractivity contribution is -0.556. The minimum absolute atomic E-state index is 0.153. The zero-order chi connectivity index (χ0) is 15.3. The highest BCUT2D eigenvalue weighted by atomic mass is 16.3. The first-order chi connectivity index (χ1) is 10.6. The molecule has 5 nitrogen and oxygen atoms in total. The molecular weight excluding hydrogens is 276 g/mol. The van der Waals surface area contributed by atoms with Gasteiger partial charge in [-0.25, -0.2) is 4.98 Å². The topological polar surface area (TPSA) is 57.9 Å². The van der Waals surface area contributed by atoms with Gasteiger partial charge in [0.2, 0.25) is 5.52 Å². The van der Waals surface area contributed by atoms with Gasteiger partial charge in [-0.3, -0.25) is 0 Å². The lowest BCUT2D eigenvalue weighted by atomic mass is 10.2. The minimum atomic E-state index is -0.153. The van der Waals surface area contributed by atoms with E-state index in [9.17, 15) is 5.11 Å². The molecule has 0 fully saturated rings. The highest BCUT2D eigenvalue weighted by Gasteiger charge is 2.20. The van der Waals surface area contributed by atoms with Crippen LogP contribution in [0.5, 0.6) is 5.88 Å². The maximum absolute atomic E-state index is 12.7. The Labute approximate surface area is 127 Å². The maximum Gasteiger partial charge on any atom is 0.212 e. The zero-order valence-corrected chi connectivity index (χ0v) is 12.3. The Balaban J connectivity index is 2.10. The van der Waals surface area contributed by atoms with E-state index in [1.165, 1.54) is 4.68 Å². The van der Waals surface area contributed by atoms with E-state index in [1.54, 1.807) is 4.52 Å². The molecule has 0 radical (unpaired) electrons. The van der Waals surface area contributed by atoms with Gasteiger partial charge in [0.1, 0.15) is 16.6 Å². The lowest BCUT2D eigenvalue weighted by Gasteiger charge is -2.02. The van der Waals surface area contributed by atoms with Crippen molar-refractivity contribution in [1.29, 1.82) is 0 Å². The van der Waals surface area contributed by atoms with Crippen molar-refractivity contribution in [2.75, 3.05) is 0 Å². The minimum Gasteiger partial charge on any atom is -0.837 e. The standard InChI is InChI=1S/C17H14N4O/c1-11-7-9-13(10-8-11)20-17(22)16-12(2)18-14-5-3-4-6-15(14)21(16)19-20/h3-10H,1-2H3. The van der Waals surface area contributed by atoms with Crippen molar-refractivity contribution >= 4 is 16.6 Å². The molecule has 2 heterocycles. The van der Waals surface area contributed by atoms with Crippen molar-refractivity contribution in [2.45, 2.75) is 13.8 Å². The number of hydrogen-bond acceptors (Lipinski definition) is 3. The number of aryl methyl sites for hydroxylation is 2. The summed E-state index contributed by atoms with van der Waals surface area (Å²) in [6.07, 6.45) is 0. The van der Waals surface area contributed by atoms with Crippen LogP contribution >= 0.6 is 0 Å². The van der Waals surface area contributed by atoms with Crippen molar-refractivity contribution in [2.24, 2.45) is 0 Å². The van der Waals surface area contributed by atoms with Crippen LogP contribution < -0.4 is 9.62 Å². The Morgan fingerprint density at radius 1 is 1.00 bits per heavy atom. The highest BCUT2D eigenvalue weighted by molar-refractivity contribution is 5.74. The fraction of sp³-hybridized carbons (Fsp3) is 0.118. The van der Waals surface area contributed by atoms with E-state index in [1.807, 2.05) is 62.4 Å². The van der Waals surface area contributed by atoms with Gasteiger partial charge >= 0.3 is 0 Å². The molecule has 5 heteroatoms. The number of hydrogen-bond donors (Lipinski definition) is 0. The maximum atomic E-state index is 12.7. The molecule has 2 aromatic carbocycles. The molecule has 0 unspecified atom stereocenters. The SMILES string of the molecule is Cc1ccc(-n2n[n+]3c(c(C)nc4ccccc43)c2[O-])cc1. The van der Waals surface area contributed by atoms with Gasteiger partial charge < -0.3 is 5.11 Å². The smallest absolute Gasteiger partial charge is 0.212 e. The van der Waals surface area contributed by atoms with E-state index in [0.29, 0.717) is 11.2 Å². The molecule has 0 aliphatic heterocycles. The Bertz CT molecular complexity index is 1000. The van der Waals surface area contributed by atoms with E-state index < -0.39 is 0 Å². The number of para-hydroxylation sites is 2. The normalized spacial score (nSPS) is 11.4. The van der Waals surface area contributed by atoms with Gasteiger partial charge in [0.05, 0.1) is 5.69 Å². The van der Waals surface area contributed by atoms with Gasteiger partial charge in [0, 0.05) is 0 Å². The van der Waals surface area contributed by atoms with E-state index in [-0.39, 0.29) is 5.88 Å². The van der Waals surface area contributed by atoms with Crippen molar-refractivity contribution in [3.63, 3.8) is 0 Å². The number of rotatable bonds is 1. The third kappa shape index (κ3) is 1.75. The van der Waals surface area contributed by atoms with E-state index in [4.69, 9.17) is 0 Å². The summed E-state index contributed by atoms with van der Waals surface area (Å²) in [4.78, 5) is 4.51. The first-order valence-corrected chi connectivity index (χ1v) is 7.09. The summed E-state index contributed by atoms with van der Waals surface area (Å²) in [7, 11) is 0. The quantitative estimate of drug-likeness (QED) is 0.503. The summed E-state index contributed by atoms with van der Waals surface area (Å²) in [5.74, 6) is -0.153. The Kier molecular flexibility index (Phi) is 2.63. The molecule has 22 heavy (non-hydrogen) atoms. The highest BCUT2D eigenvalue weighted by Crippen LogP contribution is 2.21. The summed E-state index contributed by atoms with van der Waals surface area (Å²) in [6, 6.07) is 15.4. The van der Waals surface area contributed by atoms with Crippen LogP contribution in [-0.2, 0) is 0 Å². The molecule has 0 aliphatic carbocycles. The first-order valence-electron chi connectivity index (χ1n) is 7.09. The molecular formula is C17H14N4O. The molecule has 108 valence electrons. The fourth-order valence-corrected chi connectivity index (χ4v) is 2.67. The average Bonchev–Trinajstić information content (AvgIpc) is 2.87. The number of nitrogens with zero attached hydrogens (tertiary/aromatic N) is 4. The Morgan fingerprint density at radius 3 is 2.50 bits per heavy atom. The molecule has 4 rings (SSSR count). The first kappa shape index (κ1) is 12.8. The zero-order valence-electron chi connectivity index (χ0n) is 12.3. The van der Waals surface area contributed by atoms with Crippen LogP contribution in [0, 0.1) is 13.8 Å². The monoisotopic (exact) mass is 290 g/mol. The van der Waals surface area contributed by atoms with E-state index >= 15 is 0 Å². The Morgan fingerprint density at radius 2 is 1.73 bits per heavy atom. The molecule has 4 aromatic rings. The van der Waals surface area contributed by atoms with Crippen molar-refractivity contribution in [3.05, 3.63) is 59.8 Å². The second kappa shape index (κ2) is 4.53. The summed E-state index contributed by atoms with van der Waals surface area (Å²) in [5, 5.41) is 17.2. The van der Waals surface area contributed by atoms with Gasteiger partial charge in [0.25, 0.3) is 0 Å². The molecule has 0 amide bonds. The molecule has 0 saturated heterocycles. The van der Waals surface area contributed by atoms with Crippen LogP contribution in [0.2, 0.25) is 0 Å². The summed E-state index contributed by atoms with van der Waals surface area (Å²) in [5.41, 5.74) is 4.74. The van der Waals surface area contributed by atoms with Gasteiger partial charge in [-0.05, 0) is 38.1 Å². The van der Waals surface area contributed by atoms with Crippen LogP contribution in [0.15, 0.2) is 48.5 Å². The van der Waals surface area contributed by atoms with Gasteiger partial charge in [-0.2, -0.15) is 0 Å². The summed E-state index contributed by atoms with van der Waals surface area (Å²) >= 11 is 0. The van der Waals surface area contributed by atoms with Gasteiger partial charge in [-0.1, -0.05) is 34.3 Å². The third-order valence-corrected chi connectivity index (χ3v) is 3.80. The number of aromatic nitrogens is 4. The predicted octanol–water partition coefficient (Wildman–Crippen LogP) is 1.85. The van der Waals surface area contributed by atoms with Crippen LogP contribution in [0.3, 0.4) is 0 Å². The van der Waals surface area contributed by atoms with Gasteiger partial charge in [-0.15, -0.1) is 4.68 Å². The van der Waals surface area contributed by atoms with Crippen LogP contribution in [0.4, 0.5) is 0 Å². The van der Waals surface area contributed by atoms with Crippen molar-refractivity contribution in [1.82, 2.24) is 14.9 Å². The van der Waals surface area contributed by atoms with Crippen LogP contribution in [0.25, 0.3) is 22.2 Å². The number of benzene rings is 2. The molecule has 0 N–H and O–H groups in total. The third-order valence-electron chi connectivity index (χ3n) is 3.80. The molecule has 0 saturated carbocycles. The summed E-state index contributed by atoms with van der Waals surface area (Å²) < 4.78 is 3.11. The number of fused-ring (bicyclic) bond motifs is 3. The fourth-order valence-electron chi connectivity index (χ4n) is 2.67. The average molecular weight is 290 g/mol. The van der Waals surface area contributed by atoms with E-state index in [2.05, 4.69) is 10.2 Å². The largest absolute Gasteiger partial charge is 0.837 e. The van der Waals surface area contributed by atoms with Crippen LogP contribution in [0.1, 0.15) is 11.3 Å². The second-order valence-electron chi connectivity index (χ2n) is 5.39. The summed E-state index contributed by atoms with van der Waals surface area (Å²) in [6.45, 7) is 3.85. The lowest BCUT2D eigenvalue weighted by Crippen LogP contribution is -2.27. The molecule has 0 aliphatic rings. The van der Waals surface area contributed by atoms with Crippen molar-refractivity contribution in [3.8, 4) is 11.6 Å². The van der Waals surface area contributed by atoms with Crippen molar-refractivity contribution < 1.29 is 9.62 Å². The van der Waals surface area contributed by atoms with E-state index in [0.717, 1.165) is 22.3 Å². The van der Waals surface area contributed by atoms with Crippen LogP contribution in [-0.4, -0.2) is 14.9 Å². The predicted molar refractivity (Wildman–Crippen MR) is 80.9 cm³/mol.